The van der Waals surface area contributed by atoms with Crippen LogP contribution < -0.4 is 15.8 Å². The molecule has 2 aromatic rings. The fourth-order valence-corrected chi connectivity index (χ4v) is 2.00. The van der Waals surface area contributed by atoms with E-state index in [2.05, 4.69) is 5.32 Å². The minimum Gasteiger partial charge on any atom is -0.481 e. The second-order valence-electron chi connectivity index (χ2n) is 4.47. The lowest BCUT2D eigenvalue weighted by atomic mass is 10.2. The molecule has 8 heteroatoms. The molecule has 2 aromatic carbocycles. The van der Waals surface area contributed by atoms with Gasteiger partial charge in [0.05, 0.1) is 10.6 Å². The van der Waals surface area contributed by atoms with Crippen LogP contribution in [0.15, 0.2) is 36.4 Å². The van der Waals surface area contributed by atoms with Crippen molar-refractivity contribution in [3.8, 4) is 5.75 Å². The summed E-state index contributed by atoms with van der Waals surface area (Å²) in [6.07, 6.45) is 0. The van der Waals surface area contributed by atoms with Gasteiger partial charge in [-0.3, -0.25) is 9.59 Å². The molecule has 3 N–H and O–H groups in total. The van der Waals surface area contributed by atoms with Gasteiger partial charge in [-0.15, -0.1) is 0 Å². The third-order valence-electron chi connectivity index (χ3n) is 2.77. The zero-order valence-corrected chi connectivity index (χ0v) is 12.4. The minimum absolute atomic E-state index is 0.0841. The fraction of sp³-hybridized carbons (Fsp3) is 0.0667. The summed E-state index contributed by atoms with van der Waals surface area (Å²) in [5.74, 6) is -3.18. The van der Waals surface area contributed by atoms with Crippen molar-refractivity contribution in [1.29, 1.82) is 0 Å². The second-order valence-corrected chi connectivity index (χ2v) is 4.88. The summed E-state index contributed by atoms with van der Waals surface area (Å²) < 4.78 is 31.0. The summed E-state index contributed by atoms with van der Waals surface area (Å²) in [4.78, 5) is 22.8. The smallest absolute Gasteiger partial charge is 0.262 e. The number of anilines is 1. The van der Waals surface area contributed by atoms with Crippen LogP contribution in [0.4, 0.5) is 14.5 Å². The molecule has 23 heavy (non-hydrogen) atoms. The molecule has 5 nitrogen and oxygen atoms in total. The van der Waals surface area contributed by atoms with Crippen LogP contribution >= 0.6 is 11.6 Å². The summed E-state index contributed by atoms with van der Waals surface area (Å²) in [6.45, 7) is -0.488. The van der Waals surface area contributed by atoms with E-state index >= 15 is 0 Å². The van der Waals surface area contributed by atoms with Gasteiger partial charge in [0, 0.05) is 11.8 Å². The van der Waals surface area contributed by atoms with E-state index in [1.807, 2.05) is 0 Å². The highest BCUT2D eigenvalue weighted by Crippen LogP contribution is 2.21. The Morgan fingerprint density at radius 1 is 1.17 bits per heavy atom. The summed E-state index contributed by atoms with van der Waals surface area (Å²) in [7, 11) is 0. The van der Waals surface area contributed by atoms with Gasteiger partial charge in [0.25, 0.3) is 5.91 Å². The summed E-state index contributed by atoms with van der Waals surface area (Å²) >= 11 is 5.85. The molecule has 2 rings (SSSR count). The number of carbonyl (C=O) groups is 2. The molecule has 0 fully saturated rings. The van der Waals surface area contributed by atoms with Crippen molar-refractivity contribution in [1.82, 2.24) is 0 Å². The summed E-state index contributed by atoms with van der Waals surface area (Å²) in [5, 5.41) is 2.54. The van der Waals surface area contributed by atoms with E-state index in [0.29, 0.717) is 11.8 Å². The van der Waals surface area contributed by atoms with E-state index in [-0.39, 0.29) is 16.3 Å². The van der Waals surface area contributed by atoms with Gasteiger partial charge < -0.3 is 15.8 Å². The quantitative estimate of drug-likeness (QED) is 0.878. The van der Waals surface area contributed by atoms with Crippen molar-refractivity contribution >= 4 is 29.1 Å². The van der Waals surface area contributed by atoms with Crippen LogP contribution in [-0.4, -0.2) is 18.4 Å². The number of primary amides is 1. The molecule has 0 aliphatic rings. The lowest BCUT2D eigenvalue weighted by Crippen LogP contribution is -2.20. The Bertz CT molecular complexity index is 768. The van der Waals surface area contributed by atoms with E-state index in [1.54, 1.807) is 0 Å². The van der Waals surface area contributed by atoms with Crippen LogP contribution in [0.3, 0.4) is 0 Å². The van der Waals surface area contributed by atoms with Gasteiger partial charge in [-0.2, -0.15) is 0 Å². The van der Waals surface area contributed by atoms with Crippen molar-refractivity contribution < 1.29 is 23.1 Å². The monoisotopic (exact) mass is 340 g/mol. The molecule has 120 valence electrons. The molecule has 0 atom stereocenters. The molecule has 0 aliphatic heterocycles. The van der Waals surface area contributed by atoms with Crippen LogP contribution in [0.1, 0.15) is 10.4 Å². The van der Waals surface area contributed by atoms with Crippen molar-refractivity contribution in [3.63, 3.8) is 0 Å². The predicted octanol–water partition coefficient (Wildman–Crippen LogP) is 2.73. The maximum Gasteiger partial charge on any atom is 0.262 e. The molecule has 0 aromatic heterocycles. The fourth-order valence-electron chi connectivity index (χ4n) is 1.73. The first-order valence-electron chi connectivity index (χ1n) is 6.34. The summed E-state index contributed by atoms with van der Waals surface area (Å²) in [6, 6.07) is 6.88. The maximum absolute atomic E-state index is 13.3. The van der Waals surface area contributed by atoms with Crippen molar-refractivity contribution in [3.05, 3.63) is 58.6 Å². The van der Waals surface area contributed by atoms with Gasteiger partial charge >= 0.3 is 0 Å². The van der Waals surface area contributed by atoms with Gasteiger partial charge in [0.1, 0.15) is 5.82 Å². The minimum atomic E-state index is -0.911. The second kappa shape index (κ2) is 7.06. The maximum atomic E-state index is 13.3. The van der Waals surface area contributed by atoms with Crippen molar-refractivity contribution in [2.75, 3.05) is 11.9 Å². The average molecular weight is 341 g/mol. The largest absolute Gasteiger partial charge is 0.481 e. The first-order valence-corrected chi connectivity index (χ1v) is 6.71. The Balaban J connectivity index is 1.97. The lowest BCUT2D eigenvalue weighted by Gasteiger charge is -2.09. The van der Waals surface area contributed by atoms with E-state index in [4.69, 9.17) is 22.1 Å². The highest BCUT2D eigenvalue weighted by atomic mass is 35.5. The van der Waals surface area contributed by atoms with Gasteiger partial charge in [-0.1, -0.05) is 11.6 Å². The number of halogens is 3. The lowest BCUT2D eigenvalue weighted by molar-refractivity contribution is -0.118. The number of hydrogen-bond donors (Lipinski definition) is 2. The standard InChI is InChI=1S/C15H11ClF2N2O3/c16-11-6-9(2-3-10(11)15(19)22)20-14(21)7-23-13-4-1-8(17)5-12(13)18/h1-6H,7H2,(H2,19,22)(H,20,21). The number of rotatable bonds is 5. The van der Waals surface area contributed by atoms with Crippen LogP contribution in [0.5, 0.6) is 5.75 Å². The zero-order valence-electron chi connectivity index (χ0n) is 11.6. The Morgan fingerprint density at radius 2 is 1.91 bits per heavy atom. The number of nitrogens with two attached hydrogens (primary N) is 1. The van der Waals surface area contributed by atoms with Gasteiger partial charge in [0.15, 0.2) is 18.2 Å². The number of carbonyl (C=O) groups excluding carboxylic acids is 2. The molecule has 0 unspecified atom stereocenters. The first-order chi connectivity index (χ1) is 10.9. The predicted molar refractivity (Wildman–Crippen MR) is 80.5 cm³/mol. The molecule has 0 saturated carbocycles. The third-order valence-corrected chi connectivity index (χ3v) is 3.08. The molecule has 0 bridgehead atoms. The molecule has 0 radical (unpaired) electrons. The van der Waals surface area contributed by atoms with Crippen LogP contribution in [0.2, 0.25) is 5.02 Å². The van der Waals surface area contributed by atoms with Crippen LogP contribution in [0, 0.1) is 11.6 Å². The first kappa shape index (κ1) is 16.7. The van der Waals surface area contributed by atoms with E-state index in [0.717, 1.165) is 12.1 Å². The topological polar surface area (TPSA) is 81.4 Å². The van der Waals surface area contributed by atoms with E-state index < -0.39 is 30.1 Å². The number of nitrogens with one attached hydrogen (secondary N) is 1. The van der Waals surface area contributed by atoms with Crippen molar-refractivity contribution in [2.24, 2.45) is 5.73 Å². The number of hydrogen-bond acceptors (Lipinski definition) is 3. The van der Waals surface area contributed by atoms with Crippen LogP contribution in [0.25, 0.3) is 0 Å². The highest BCUT2D eigenvalue weighted by molar-refractivity contribution is 6.34. The van der Waals surface area contributed by atoms with Crippen LogP contribution in [-0.2, 0) is 4.79 Å². The Labute approximate surface area is 135 Å². The number of amides is 2. The Hall–Kier alpha value is -2.67. The normalized spacial score (nSPS) is 10.2. The molecule has 2 amide bonds. The molecular formula is C15H11ClF2N2O3. The Kier molecular flexibility index (Phi) is 5.13. The molecular weight excluding hydrogens is 330 g/mol. The zero-order chi connectivity index (χ0) is 17.0. The van der Waals surface area contributed by atoms with Gasteiger partial charge in [-0.25, -0.2) is 8.78 Å². The van der Waals surface area contributed by atoms with Gasteiger partial charge in [-0.05, 0) is 30.3 Å². The molecule has 0 saturated heterocycles. The molecule has 0 aliphatic carbocycles. The number of ether oxygens (including phenoxy) is 1. The average Bonchev–Trinajstić information content (AvgIpc) is 2.46. The summed E-state index contributed by atoms with van der Waals surface area (Å²) in [5.41, 5.74) is 5.54. The van der Waals surface area contributed by atoms with Crippen molar-refractivity contribution in [2.45, 2.75) is 0 Å². The number of benzene rings is 2. The highest BCUT2D eigenvalue weighted by Gasteiger charge is 2.11. The SMILES string of the molecule is NC(=O)c1ccc(NC(=O)COc2ccc(F)cc2F)cc1Cl. The Morgan fingerprint density at radius 3 is 2.52 bits per heavy atom. The molecule has 0 heterocycles. The van der Waals surface area contributed by atoms with E-state index in [9.17, 15) is 18.4 Å². The van der Waals surface area contributed by atoms with Gasteiger partial charge in [0.2, 0.25) is 5.91 Å². The van der Waals surface area contributed by atoms with E-state index in [1.165, 1.54) is 18.2 Å². The molecule has 0 spiro atoms. The third kappa shape index (κ3) is 4.40.